The van der Waals surface area contributed by atoms with Gasteiger partial charge in [-0.15, -0.1) is 0 Å². The molecule has 6 nitrogen and oxygen atoms in total. The van der Waals surface area contributed by atoms with E-state index >= 15 is 0 Å². The molecule has 1 aromatic carbocycles. The molecule has 6 heteroatoms. The highest BCUT2D eigenvalue weighted by atomic mass is 16.6. The Morgan fingerprint density at radius 1 is 1.60 bits per heavy atom. The van der Waals surface area contributed by atoms with Crippen LogP contribution in [0, 0.1) is 10.1 Å². The second kappa shape index (κ2) is 4.72. The van der Waals surface area contributed by atoms with Gasteiger partial charge in [0.1, 0.15) is 0 Å². The van der Waals surface area contributed by atoms with E-state index in [1.807, 2.05) is 0 Å². The predicted molar refractivity (Wildman–Crippen MR) is 52.9 cm³/mol. The molecule has 0 heterocycles. The molecule has 0 atom stereocenters. The minimum Gasteiger partial charge on any atom is -0.490 e. The fraction of sp³-hybridized carbons (Fsp3) is 0.333. The molecule has 0 saturated heterocycles. The number of hydrogen-bond donors (Lipinski definition) is 1. The summed E-state index contributed by atoms with van der Waals surface area (Å²) in [6.45, 7) is 0.286. The Morgan fingerprint density at radius 2 is 2.27 bits per heavy atom. The van der Waals surface area contributed by atoms with E-state index in [2.05, 4.69) is 0 Å². The number of ether oxygens (including phenoxy) is 1. The Morgan fingerprint density at radius 3 is 2.73 bits per heavy atom. The van der Waals surface area contributed by atoms with Crippen molar-refractivity contribution in [3.8, 4) is 5.75 Å². The number of methoxy groups -OCH3 is 1. The van der Waals surface area contributed by atoms with Crippen molar-refractivity contribution in [3.63, 3.8) is 0 Å². The van der Waals surface area contributed by atoms with Crippen molar-refractivity contribution in [1.82, 2.24) is 5.06 Å². The van der Waals surface area contributed by atoms with Gasteiger partial charge in [-0.05, 0) is 11.6 Å². The number of rotatable bonds is 4. The summed E-state index contributed by atoms with van der Waals surface area (Å²) in [5.41, 5.74) is 0.657. The van der Waals surface area contributed by atoms with E-state index in [9.17, 15) is 10.1 Å². The molecule has 15 heavy (non-hydrogen) atoms. The van der Waals surface area contributed by atoms with E-state index in [0.717, 1.165) is 10.6 Å². The average molecular weight is 212 g/mol. The molecular weight excluding hydrogens is 200 g/mol. The van der Waals surface area contributed by atoms with Gasteiger partial charge >= 0.3 is 5.69 Å². The zero-order valence-electron chi connectivity index (χ0n) is 8.51. The fourth-order valence-corrected chi connectivity index (χ4v) is 1.24. The van der Waals surface area contributed by atoms with E-state index in [1.165, 1.54) is 26.3 Å². The van der Waals surface area contributed by atoms with Crippen molar-refractivity contribution in [2.75, 3.05) is 14.2 Å². The molecule has 1 N–H and O–H groups in total. The summed E-state index contributed by atoms with van der Waals surface area (Å²) in [7, 11) is 2.86. The van der Waals surface area contributed by atoms with Crippen molar-refractivity contribution in [2.45, 2.75) is 6.54 Å². The molecule has 0 bridgehead atoms. The molecule has 0 spiro atoms. The second-order valence-corrected chi connectivity index (χ2v) is 3.08. The lowest BCUT2D eigenvalue weighted by atomic mass is 10.2. The maximum absolute atomic E-state index is 10.6. The Bertz CT molecular complexity index is 365. The Labute approximate surface area is 86.8 Å². The summed E-state index contributed by atoms with van der Waals surface area (Å²) in [5, 5.41) is 20.6. The number of benzene rings is 1. The van der Waals surface area contributed by atoms with Gasteiger partial charge in [0.2, 0.25) is 0 Å². The monoisotopic (exact) mass is 212 g/mol. The van der Waals surface area contributed by atoms with Crippen LogP contribution in [-0.4, -0.2) is 29.4 Å². The standard InChI is InChI=1S/C9H12N2O4/c1-10(12)6-7-3-4-8(11(13)14)9(5-7)15-2/h3-5,12H,6H2,1-2H3. The van der Waals surface area contributed by atoms with Gasteiger partial charge in [-0.2, -0.15) is 5.06 Å². The highest BCUT2D eigenvalue weighted by Crippen LogP contribution is 2.27. The zero-order valence-corrected chi connectivity index (χ0v) is 8.51. The van der Waals surface area contributed by atoms with Crippen LogP contribution in [0.3, 0.4) is 0 Å². The SMILES string of the molecule is COc1cc(CN(C)O)ccc1[N+](=O)[O-]. The van der Waals surface area contributed by atoms with Crippen molar-refractivity contribution in [2.24, 2.45) is 0 Å². The molecule has 0 unspecified atom stereocenters. The van der Waals surface area contributed by atoms with E-state index < -0.39 is 4.92 Å². The first-order chi connectivity index (χ1) is 7.04. The van der Waals surface area contributed by atoms with Gasteiger partial charge in [-0.3, -0.25) is 10.1 Å². The molecule has 0 aliphatic heterocycles. The molecule has 0 fully saturated rings. The van der Waals surface area contributed by atoms with Crippen LogP contribution in [0.4, 0.5) is 5.69 Å². The highest BCUT2D eigenvalue weighted by molar-refractivity contribution is 5.48. The van der Waals surface area contributed by atoms with E-state index in [0.29, 0.717) is 0 Å². The number of nitrogens with zero attached hydrogens (tertiary/aromatic N) is 2. The van der Waals surface area contributed by atoms with Crippen molar-refractivity contribution in [1.29, 1.82) is 0 Å². The maximum atomic E-state index is 10.6. The van der Waals surface area contributed by atoms with Crippen molar-refractivity contribution >= 4 is 5.69 Å². The molecule has 0 aliphatic carbocycles. The Balaban J connectivity index is 3.02. The van der Waals surface area contributed by atoms with E-state index in [-0.39, 0.29) is 18.0 Å². The topological polar surface area (TPSA) is 75.8 Å². The summed E-state index contributed by atoms with van der Waals surface area (Å²) in [5.74, 6) is 0.194. The van der Waals surface area contributed by atoms with Crippen LogP contribution in [0.2, 0.25) is 0 Å². The fourth-order valence-electron chi connectivity index (χ4n) is 1.24. The van der Waals surface area contributed by atoms with Crippen LogP contribution in [0.1, 0.15) is 5.56 Å². The first-order valence-electron chi connectivity index (χ1n) is 4.26. The van der Waals surface area contributed by atoms with Gasteiger partial charge in [0.25, 0.3) is 0 Å². The molecule has 0 radical (unpaired) electrons. The predicted octanol–water partition coefficient (Wildman–Crippen LogP) is 1.42. The molecule has 0 saturated carbocycles. The second-order valence-electron chi connectivity index (χ2n) is 3.08. The van der Waals surface area contributed by atoms with Gasteiger partial charge in [-0.1, -0.05) is 6.07 Å². The van der Waals surface area contributed by atoms with Crippen LogP contribution < -0.4 is 4.74 Å². The summed E-state index contributed by atoms with van der Waals surface area (Å²) in [6, 6.07) is 4.47. The van der Waals surface area contributed by atoms with Crippen LogP contribution in [-0.2, 0) is 6.54 Å². The third-order valence-corrected chi connectivity index (χ3v) is 1.85. The molecule has 0 aliphatic rings. The molecule has 82 valence electrons. The van der Waals surface area contributed by atoms with Crippen molar-refractivity contribution < 1.29 is 14.9 Å². The van der Waals surface area contributed by atoms with Crippen molar-refractivity contribution in [3.05, 3.63) is 33.9 Å². The van der Waals surface area contributed by atoms with Crippen LogP contribution >= 0.6 is 0 Å². The molecule has 0 amide bonds. The third-order valence-electron chi connectivity index (χ3n) is 1.85. The average Bonchev–Trinajstić information content (AvgIpc) is 2.16. The Kier molecular flexibility index (Phi) is 3.59. The first-order valence-corrected chi connectivity index (χ1v) is 4.26. The summed E-state index contributed by atoms with van der Waals surface area (Å²) in [4.78, 5) is 10.1. The number of hydroxylamine groups is 2. The molecular formula is C9H12N2O4. The maximum Gasteiger partial charge on any atom is 0.310 e. The van der Waals surface area contributed by atoms with Crippen LogP contribution in [0.5, 0.6) is 5.75 Å². The van der Waals surface area contributed by atoms with Gasteiger partial charge < -0.3 is 9.94 Å². The normalized spacial score (nSPS) is 10.4. The minimum atomic E-state index is -0.509. The van der Waals surface area contributed by atoms with Gasteiger partial charge in [0.15, 0.2) is 5.75 Å². The number of hydrogen-bond acceptors (Lipinski definition) is 5. The number of nitro groups is 1. The van der Waals surface area contributed by atoms with Gasteiger partial charge in [-0.25, -0.2) is 0 Å². The Hall–Kier alpha value is -1.66. The third kappa shape index (κ3) is 2.90. The number of nitro benzene ring substituents is 1. The zero-order chi connectivity index (χ0) is 11.4. The summed E-state index contributed by atoms with van der Waals surface area (Å²) < 4.78 is 4.89. The lowest BCUT2D eigenvalue weighted by Crippen LogP contribution is -2.11. The smallest absolute Gasteiger partial charge is 0.310 e. The molecule has 1 rings (SSSR count). The van der Waals surface area contributed by atoms with Crippen LogP contribution in [0.15, 0.2) is 18.2 Å². The van der Waals surface area contributed by atoms with Gasteiger partial charge in [0, 0.05) is 19.7 Å². The van der Waals surface area contributed by atoms with E-state index in [1.54, 1.807) is 6.07 Å². The largest absolute Gasteiger partial charge is 0.490 e. The lowest BCUT2D eigenvalue weighted by molar-refractivity contribution is -0.385. The van der Waals surface area contributed by atoms with E-state index in [4.69, 9.17) is 9.94 Å². The molecule has 0 aromatic heterocycles. The lowest BCUT2D eigenvalue weighted by Gasteiger charge is -2.09. The quantitative estimate of drug-likeness (QED) is 0.603. The summed E-state index contributed by atoms with van der Waals surface area (Å²) >= 11 is 0. The molecule has 1 aromatic rings. The minimum absolute atomic E-state index is 0.0816. The van der Waals surface area contributed by atoms with Gasteiger partial charge in [0.05, 0.1) is 12.0 Å². The first kappa shape index (κ1) is 11.4. The summed E-state index contributed by atoms with van der Waals surface area (Å²) in [6.07, 6.45) is 0. The van der Waals surface area contributed by atoms with Crippen LogP contribution in [0.25, 0.3) is 0 Å². The highest BCUT2D eigenvalue weighted by Gasteiger charge is 2.14.